The van der Waals surface area contributed by atoms with Gasteiger partial charge < -0.3 is 19.9 Å². The molecule has 3 heterocycles. The summed E-state index contributed by atoms with van der Waals surface area (Å²) in [6, 6.07) is 0. The average molecular weight is 262 g/mol. The summed E-state index contributed by atoms with van der Waals surface area (Å²) in [4.78, 5) is 26.0. The minimum absolute atomic E-state index is 0.0276. The van der Waals surface area contributed by atoms with Gasteiger partial charge in [-0.25, -0.2) is 15.0 Å². The number of hydrogen-bond acceptors (Lipinski definition) is 6. The number of nitrogen functional groups attached to an aromatic ring is 1. The zero-order valence-corrected chi connectivity index (χ0v) is 10.3. The maximum atomic E-state index is 12.1. The first-order chi connectivity index (χ1) is 9.25. The first kappa shape index (κ1) is 11.8. The molecule has 100 valence electrons. The van der Waals surface area contributed by atoms with Gasteiger partial charge in [0.2, 0.25) is 5.91 Å². The van der Waals surface area contributed by atoms with Crippen LogP contribution in [0.1, 0.15) is 0 Å². The SMILES string of the molecule is Nc1ncnc2c1ncn2CC(=O)N1CCOCC1. The molecule has 1 aliphatic heterocycles. The van der Waals surface area contributed by atoms with Crippen LogP contribution in [0.25, 0.3) is 11.2 Å². The van der Waals surface area contributed by atoms with E-state index < -0.39 is 0 Å². The Morgan fingerprint density at radius 2 is 2.11 bits per heavy atom. The van der Waals surface area contributed by atoms with Crippen molar-refractivity contribution < 1.29 is 9.53 Å². The van der Waals surface area contributed by atoms with Gasteiger partial charge in [-0.3, -0.25) is 4.79 Å². The lowest BCUT2D eigenvalue weighted by molar-refractivity contribution is -0.135. The molecule has 1 aliphatic rings. The van der Waals surface area contributed by atoms with Crippen LogP contribution in [-0.2, 0) is 16.1 Å². The Balaban J connectivity index is 1.81. The number of nitrogens with zero attached hydrogens (tertiary/aromatic N) is 5. The number of amides is 1. The van der Waals surface area contributed by atoms with Crippen molar-refractivity contribution in [3.05, 3.63) is 12.7 Å². The largest absolute Gasteiger partial charge is 0.382 e. The second-order valence-corrected chi connectivity index (χ2v) is 4.30. The van der Waals surface area contributed by atoms with E-state index in [-0.39, 0.29) is 12.5 Å². The van der Waals surface area contributed by atoms with Gasteiger partial charge in [0, 0.05) is 13.1 Å². The van der Waals surface area contributed by atoms with E-state index in [9.17, 15) is 4.79 Å². The third-order valence-electron chi connectivity index (χ3n) is 3.10. The van der Waals surface area contributed by atoms with E-state index in [2.05, 4.69) is 15.0 Å². The highest BCUT2D eigenvalue weighted by molar-refractivity contribution is 5.83. The molecule has 0 atom stereocenters. The van der Waals surface area contributed by atoms with Gasteiger partial charge in [-0.2, -0.15) is 0 Å². The van der Waals surface area contributed by atoms with Gasteiger partial charge in [0.25, 0.3) is 0 Å². The fraction of sp³-hybridized carbons (Fsp3) is 0.455. The van der Waals surface area contributed by atoms with E-state index in [1.54, 1.807) is 15.8 Å². The second kappa shape index (κ2) is 4.81. The van der Waals surface area contributed by atoms with Gasteiger partial charge in [-0.15, -0.1) is 0 Å². The number of ether oxygens (including phenoxy) is 1. The third-order valence-corrected chi connectivity index (χ3v) is 3.10. The van der Waals surface area contributed by atoms with Crippen molar-refractivity contribution in [1.82, 2.24) is 24.4 Å². The quantitative estimate of drug-likeness (QED) is 0.765. The number of carbonyl (C=O) groups is 1. The number of aromatic nitrogens is 4. The monoisotopic (exact) mass is 262 g/mol. The number of morpholine rings is 1. The molecule has 0 saturated carbocycles. The number of imidazole rings is 1. The van der Waals surface area contributed by atoms with E-state index in [1.807, 2.05) is 0 Å². The highest BCUT2D eigenvalue weighted by Crippen LogP contribution is 2.14. The van der Waals surface area contributed by atoms with E-state index >= 15 is 0 Å². The van der Waals surface area contributed by atoms with Crippen LogP contribution in [0, 0.1) is 0 Å². The number of nitrogens with two attached hydrogens (primary N) is 1. The molecule has 1 fully saturated rings. The van der Waals surface area contributed by atoms with Gasteiger partial charge in [0.15, 0.2) is 11.5 Å². The highest BCUT2D eigenvalue weighted by Gasteiger charge is 2.18. The molecule has 2 aromatic rings. The Kier molecular flexibility index (Phi) is 3.00. The summed E-state index contributed by atoms with van der Waals surface area (Å²) < 4.78 is 6.91. The summed E-state index contributed by atoms with van der Waals surface area (Å²) in [7, 11) is 0. The third kappa shape index (κ3) is 2.22. The van der Waals surface area contributed by atoms with Crippen molar-refractivity contribution in [3.63, 3.8) is 0 Å². The molecule has 0 aliphatic carbocycles. The molecule has 0 spiro atoms. The lowest BCUT2D eigenvalue weighted by Crippen LogP contribution is -2.42. The molecule has 8 heteroatoms. The molecule has 19 heavy (non-hydrogen) atoms. The molecule has 2 aromatic heterocycles. The van der Waals surface area contributed by atoms with Crippen molar-refractivity contribution in [2.45, 2.75) is 6.54 Å². The van der Waals surface area contributed by atoms with Crippen molar-refractivity contribution in [1.29, 1.82) is 0 Å². The number of fused-ring (bicyclic) bond motifs is 1. The van der Waals surface area contributed by atoms with Crippen LogP contribution in [0.4, 0.5) is 5.82 Å². The molecule has 2 N–H and O–H groups in total. The molecule has 8 nitrogen and oxygen atoms in total. The Hall–Kier alpha value is -2.22. The molecule has 1 saturated heterocycles. The van der Waals surface area contributed by atoms with Crippen LogP contribution in [-0.4, -0.2) is 56.6 Å². The number of hydrogen-bond donors (Lipinski definition) is 1. The van der Waals surface area contributed by atoms with Crippen LogP contribution >= 0.6 is 0 Å². The van der Waals surface area contributed by atoms with Gasteiger partial charge in [0.1, 0.15) is 18.4 Å². The summed E-state index contributed by atoms with van der Waals surface area (Å²) in [6.07, 6.45) is 2.93. The zero-order chi connectivity index (χ0) is 13.2. The van der Waals surface area contributed by atoms with Crippen molar-refractivity contribution in [2.24, 2.45) is 0 Å². The van der Waals surface area contributed by atoms with Crippen molar-refractivity contribution >= 4 is 22.9 Å². The van der Waals surface area contributed by atoms with E-state index in [0.29, 0.717) is 43.3 Å². The molecule has 0 bridgehead atoms. The Morgan fingerprint density at radius 3 is 2.89 bits per heavy atom. The lowest BCUT2D eigenvalue weighted by Gasteiger charge is -2.26. The van der Waals surface area contributed by atoms with Crippen LogP contribution in [0.5, 0.6) is 0 Å². The summed E-state index contributed by atoms with van der Waals surface area (Å²) in [5, 5.41) is 0. The Morgan fingerprint density at radius 1 is 1.32 bits per heavy atom. The minimum atomic E-state index is 0.0276. The number of anilines is 1. The molecule has 0 unspecified atom stereocenters. The van der Waals surface area contributed by atoms with Gasteiger partial charge in [-0.1, -0.05) is 0 Å². The lowest BCUT2D eigenvalue weighted by atomic mass is 10.4. The molecule has 0 aromatic carbocycles. The van der Waals surface area contributed by atoms with Crippen LogP contribution in [0.2, 0.25) is 0 Å². The first-order valence-electron chi connectivity index (χ1n) is 6.02. The fourth-order valence-corrected chi connectivity index (χ4v) is 2.07. The van der Waals surface area contributed by atoms with E-state index in [1.165, 1.54) is 6.33 Å². The van der Waals surface area contributed by atoms with E-state index in [4.69, 9.17) is 10.5 Å². The molecule has 0 radical (unpaired) electrons. The topological polar surface area (TPSA) is 99.2 Å². The predicted molar refractivity (Wildman–Crippen MR) is 67.1 cm³/mol. The minimum Gasteiger partial charge on any atom is -0.382 e. The van der Waals surface area contributed by atoms with Crippen LogP contribution in [0.3, 0.4) is 0 Å². The highest BCUT2D eigenvalue weighted by atomic mass is 16.5. The number of carbonyl (C=O) groups excluding carboxylic acids is 1. The molecule has 3 rings (SSSR count). The van der Waals surface area contributed by atoms with Gasteiger partial charge in [0.05, 0.1) is 19.5 Å². The zero-order valence-electron chi connectivity index (χ0n) is 10.3. The smallest absolute Gasteiger partial charge is 0.242 e. The van der Waals surface area contributed by atoms with Gasteiger partial charge in [-0.05, 0) is 0 Å². The summed E-state index contributed by atoms with van der Waals surface area (Å²) in [6.45, 7) is 2.63. The normalized spacial score (nSPS) is 15.9. The predicted octanol–water partition coefficient (Wildman–Crippen LogP) is -0.733. The van der Waals surface area contributed by atoms with Crippen LogP contribution < -0.4 is 5.73 Å². The van der Waals surface area contributed by atoms with Crippen molar-refractivity contribution in [2.75, 3.05) is 32.0 Å². The second-order valence-electron chi connectivity index (χ2n) is 4.30. The summed E-state index contributed by atoms with van der Waals surface area (Å²) in [5.74, 6) is 0.349. The average Bonchev–Trinajstić information content (AvgIpc) is 2.84. The molecule has 1 amide bonds. The first-order valence-corrected chi connectivity index (χ1v) is 6.02. The Bertz CT molecular complexity index is 604. The van der Waals surface area contributed by atoms with Gasteiger partial charge >= 0.3 is 0 Å². The molecular weight excluding hydrogens is 248 g/mol. The Labute approximate surface area is 109 Å². The van der Waals surface area contributed by atoms with Crippen molar-refractivity contribution in [3.8, 4) is 0 Å². The fourth-order valence-electron chi connectivity index (χ4n) is 2.07. The summed E-state index contributed by atoms with van der Waals surface area (Å²) >= 11 is 0. The maximum Gasteiger partial charge on any atom is 0.242 e. The van der Waals surface area contributed by atoms with E-state index in [0.717, 1.165) is 0 Å². The molecular formula is C11H14N6O2. The maximum absolute atomic E-state index is 12.1. The summed E-state index contributed by atoms with van der Waals surface area (Å²) in [5.41, 5.74) is 6.81. The van der Waals surface area contributed by atoms with Crippen LogP contribution in [0.15, 0.2) is 12.7 Å². The number of rotatable bonds is 2. The standard InChI is InChI=1S/C11H14N6O2/c12-10-9-11(14-6-13-10)17(7-15-9)5-8(18)16-1-3-19-4-2-16/h6-7H,1-5H2,(H2,12,13,14).